The van der Waals surface area contributed by atoms with Gasteiger partial charge < -0.3 is 19.9 Å². The van der Waals surface area contributed by atoms with Crippen LogP contribution in [0.4, 0.5) is 17.6 Å². The standard InChI is InChI=1S/C21H16F4N2O3/c22-20(23)28-17-8-6-15(9-12-1-3-13(11-26)4-2-12)27-19(17)14-5-7-16-18(10-14)30-21(24,25)29-16/h1-8,10,20H,9,11,26H2. The van der Waals surface area contributed by atoms with E-state index in [1.54, 1.807) is 6.07 Å². The molecular formula is C21H16F4N2O3. The third kappa shape index (κ3) is 4.30. The van der Waals surface area contributed by atoms with Crippen LogP contribution in [0.3, 0.4) is 0 Å². The van der Waals surface area contributed by atoms with Crippen molar-refractivity contribution in [2.75, 3.05) is 0 Å². The van der Waals surface area contributed by atoms with E-state index in [9.17, 15) is 17.6 Å². The first-order valence-electron chi connectivity index (χ1n) is 8.96. The Hall–Kier alpha value is -3.33. The molecule has 0 unspecified atom stereocenters. The zero-order chi connectivity index (χ0) is 21.3. The Balaban J connectivity index is 1.69. The highest BCUT2D eigenvalue weighted by atomic mass is 19.3. The van der Waals surface area contributed by atoms with Crippen molar-refractivity contribution in [3.05, 3.63) is 71.4 Å². The normalized spacial score (nSPS) is 14.2. The van der Waals surface area contributed by atoms with E-state index in [1.807, 2.05) is 24.3 Å². The largest absolute Gasteiger partial charge is 0.586 e. The SMILES string of the molecule is NCc1ccc(Cc2ccc(OC(F)F)c(-c3ccc4c(c3)OC(F)(F)O4)n2)cc1. The molecule has 156 valence electrons. The lowest BCUT2D eigenvalue weighted by atomic mass is 10.0. The van der Waals surface area contributed by atoms with Crippen LogP contribution < -0.4 is 19.9 Å². The maximum Gasteiger partial charge on any atom is 0.586 e. The van der Waals surface area contributed by atoms with Gasteiger partial charge in [0.1, 0.15) is 5.69 Å². The Kier molecular flexibility index (Phi) is 5.21. The summed E-state index contributed by atoms with van der Waals surface area (Å²) >= 11 is 0. The molecule has 1 aromatic heterocycles. The van der Waals surface area contributed by atoms with Gasteiger partial charge in [-0.3, -0.25) is 0 Å². The van der Waals surface area contributed by atoms with E-state index in [0.29, 0.717) is 18.7 Å². The van der Waals surface area contributed by atoms with E-state index in [1.165, 1.54) is 24.3 Å². The molecular weight excluding hydrogens is 404 g/mol. The minimum atomic E-state index is -3.78. The van der Waals surface area contributed by atoms with E-state index in [0.717, 1.165) is 11.1 Å². The van der Waals surface area contributed by atoms with Gasteiger partial charge in [0.15, 0.2) is 17.2 Å². The second-order valence-corrected chi connectivity index (χ2v) is 6.55. The molecule has 1 aliphatic rings. The van der Waals surface area contributed by atoms with Crippen molar-refractivity contribution in [3.63, 3.8) is 0 Å². The van der Waals surface area contributed by atoms with Crippen LogP contribution in [0, 0.1) is 0 Å². The minimum absolute atomic E-state index is 0.0768. The summed E-state index contributed by atoms with van der Waals surface area (Å²) in [6, 6.07) is 14.4. The summed E-state index contributed by atoms with van der Waals surface area (Å²) in [5.41, 5.74) is 8.44. The number of nitrogens with zero attached hydrogens (tertiary/aromatic N) is 1. The summed E-state index contributed by atoms with van der Waals surface area (Å²) in [6.45, 7) is -2.65. The van der Waals surface area contributed by atoms with Crippen LogP contribution in [0.2, 0.25) is 0 Å². The lowest BCUT2D eigenvalue weighted by Gasteiger charge is -2.12. The Bertz CT molecular complexity index is 1060. The van der Waals surface area contributed by atoms with Crippen LogP contribution in [-0.4, -0.2) is 17.9 Å². The van der Waals surface area contributed by atoms with Crippen LogP contribution in [-0.2, 0) is 13.0 Å². The third-order valence-electron chi connectivity index (χ3n) is 4.45. The van der Waals surface area contributed by atoms with Gasteiger partial charge in [0.2, 0.25) is 0 Å². The van der Waals surface area contributed by atoms with Crippen molar-refractivity contribution in [2.45, 2.75) is 25.9 Å². The predicted octanol–water partition coefficient (Wildman–Crippen LogP) is 4.72. The monoisotopic (exact) mass is 420 g/mol. The molecule has 0 amide bonds. The molecule has 0 saturated heterocycles. The molecule has 3 aromatic rings. The zero-order valence-corrected chi connectivity index (χ0v) is 15.4. The van der Waals surface area contributed by atoms with Crippen molar-refractivity contribution in [1.82, 2.24) is 4.98 Å². The van der Waals surface area contributed by atoms with Crippen LogP contribution in [0.5, 0.6) is 17.2 Å². The fourth-order valence-corrected chi connectivity index (χ4v) is 3.08. The first-order chi connectivity index (χ1) is 14.3. The van der Waals surface area contributed by atoms with E-state index in [2.05, 4.69) is 19.2 Å². The van der Waals surface area contributed by atoms with E-state index < -0.39 is 12.9 Å². The first kappa shape index (κ1) is 20.0. The van der Waals surface area contributed by atoms with E-state index >= 15 is 0 Å². The Morgan fingerprint density at radius 1 is 0.933 bits per heavy atom. The lowest BCUT2D eigenvalue weighted by molar-refractivity contribution is -0.286. The number of halogens is 4. The smallest absolute Gasteiger partial charge is 0.432 e. The number of rotatable bonds is 6. The lowest BCUT2D eigenvalue weighted by Crippen LogP contribution is -2.25. The van der Waals surface area contributed by atoms with Crippen molar-refractivity contribution >= 4 is 0 Å². The molecule has 0 atom stereocenters. The topological polar surface area (TPSA) is 66.6 Å². The molecule has 2 heterocycles. The Morgan fingerprint density at radius 2 is 1.63 bits per heavy atom. The highest BCUT2D eigenvalue weighted by Crippen LogP contribution is 2.44. The maximum absolute atomic E-state index is 13.3. The number of fused-ring (bicyclic) bond motifs is 1. The molecule has 2 N–H and O–H groups in total. The third-order valence-corrected chi connectivity index (χ3v) is 4.45. The Labute approximate surface area is 169 Å². The summed E-state index contributed by atoms with van der Waals surface area (Å²) in [7, 11) is 0. The molecule has 2 aromatic carbocycles. The van der Waals surface area contributed by atoms with Crippen molar-refractivity contribution in [1.29, 1.82) is 0 Å². The molecule has 0 fully saturated rings. The first-order valence-corrected chi connectivity index (χ1v) is 8.96. The summed E-state index contributed by atoms with van der Waals surface area (Å²) < 4.78 is 65.7. The molecule has 0 aliphatic carbocycles. The minimum Gasteiger partial charge on any atom is -0.432 e. The number of aromatic nitrogens is 1. The quantitative estimate of drug-likeness (QED) is 0.585. The fraction of sp³-hybridized carbons (Fsp3) is 0.190. The van der Waals surface area contributed by atoms with Crippen molar-refractivity contribution in [2.24, 2.45) is 5.73 Å². The number of nitrogens with two attached hydrogens (primary N) is 1. The van der Waals surface area contributed by atoms with Gasteiger partial charge >= 0.3 is 12.9 Å². The van der Waals surface area contributed by atoms with Gasteiger partial charge in [-0.2, -0.15) is 8.78 Å². The highest BCUT2D eigenvalue weighted by Gasteiger charge is 2.43. The zero-order valence-electron chi connectivity index (χ0n) is 15.4. The summed E-state index contributed by atoms with van der Waals surface area (Å²) in [5.74, 6) is -0.556. The molecule has 1 aliphatic heterocycles. The number of alkyl halides is 4. The van der Waals surface area contributed by atoms with Gasteiger partial charge in [0.05, 0.1) is 0 Å². The van der Waals surface area contributed by atoms with Crippen LogP contribution >= 0.6 is 0 Å². The van der Waals surface area contributed by atoms with Gasteiger partial charge in [0, 0.05) is 24.2 Å². The van der Waals surface area contributed by atoms with Crippen LogP contribution in [0.1, 0.15) is 16.8 Å². The van der Waals surface area contributed by atoms with Gasteiger partial charge in [-0.25, -0.2) is 4.98 Å². The van der Waals surface area contributed by atoms with Gasteiger partial charge in [-0.15, -0.1) is 8.78 Å². The summed E-state index contributed by atoms with van der Waals surface area (Å²) in [5, 5.41) is 0. The molecule has 4 rings (SSSR count). The number of hydrogen-bond donors (Lipinski definition) is 1. The second-order valence-electron chi connectivity index (χ2n) is 6.55. The maximum atomic E-state index is 13.3. The predicted molar refractivity (Wildman–Crippen MR) is 99.6 cm³/mol. The van der Waals surface area contributed by atoms with Crippen molar-refractivity contribution < 1.29 is 31.8 Å². The average Bonchev–Trinajstić information content (AvgIpc) is 3.02. The molecule has 0 radical (unpaired) electrons. The van der Waals surface area contributed by atoms with Crippen molar-refractivity contribution in [3.8, 4) is 28.5 Å². The summed E-state index contributed by atoms with van der Waals surface area (Å²) in [6.07, 6.45) is -3.36. The van der Waals surface area contributed by atoms with Gasteiger partial charge in [-0.05, 0) is 41.5 Å². The number of hydrogen-bond acceptors (Lipinski definition) is 5. The number of ether oxygens (including phenoxy) is 3. The number of pyridine rings is 1. The number of benzene rings is 2. The molecule has 5 nitrogen and oxygen atoms in total. The van der Waals surface area contributed by atoms with E-state index in [4.69, 9.17) is 5.73 Å². The average molecular weight is 420 g/mol. The summed E-state index contributed by atoms with van der Waals surface area (Å²) in [4.78, 5) is 4.43. The van der Waals surface area contributed by atoms with Crippen LogP contribution in [0.25, 0.3) is 11.3 Å². The van der Waals surface area contributed by atoms with Gasteiger partial charge in [0.25, 0.3) is 0 Å². The molecule has 30 heavy (non-hydrogen) atoms. The molecule has 9 heteroatoms. The highest BCUT2D eigenvalue weighted by molar-refractivity contribution is 5.70. The Morgan fingerprint density at radius 3 is 2.33 bits per heavy atom. The fourth-order valence-electron chi connectivity index (χ4n) is 3.08. The van der Waals surface area contributed by atoms with Crippen LogP contribution in [0.15, 0.2) is 54.6 Å². The van der Waals surface area contributed by atoms with E-state index in [-0.39, 0.29) is 28.5 Å². The molecule has 0 bridgehead atoms. The molecule has 0 spiro atoms. The van der Waals surface area contributed by atoms with Gasteiger partial charge in [-0.1, -0.05) is 24.3 Å². The molecule has 0 saturated carbocycles. The second kappa shape index (κ2) is 7.83.